The van der Waals surface area contributed by atoms with E-state index in [0.29, 0.717) is 36.1 Å². The van der Waals surface area contributed by atoms with Crippen LogP contribution in [0.25, 0.3) is 0 Å². The van der Waals surface area contributed by atoms with Gasteiger partial charge < -0.3 is 16.0 Å². The van der Waals surface area contributed by atoms with Crippen molar-refractivity contribution in [3.05, 3.63) is 108 Å². The van der Waals surface area contributed by atoms with Crippen molar-refractivity contribution >= 4 is 23.0 Å². The Bertz CT molecular complexity index is 1110. The first-order valence-corrected chi connectivity index (χ1v) is 9.75. The lowest BCUT2D eigenvalue weighted by atomic mass is 10.1. The van der Waals surface area contributed by atoms with E-state index >= 15 is 0 Å². The minimum absolute atomic E-state index is 0.319. The lowest BCUT2D eigenvalue weighted by Gasteiger charge is -2.26. The van der Waals surface area contributed by atoms with E-state index in [4.69, 9.17) is 5.73 Å². The summed E-state index contributed by atoms with van der Waals surface area (Å²) in [6, 6.07) is 23.5. The molecule has 0 unspecified atom stereocenters. The van der Waals surface area contributed by atoms with Crippen LogP contribution in [0.1, 0.15) is 11.1 Å². The number of hydrogen-bond donors (Lipinski definition) is 2. The molecule has 1 aromatic heterocycles. The van der Waals surface area contributed by atoms with Gasteiger partial charge in [0.1, 0.15) is 12.0 Å². The number of rotatable bonds is 7. The molecular formula is C24H21F2N5. The van der Waals surface area contributed by atoms with Gasteiger partial charge in [-0.3, -0.25) is 0 Å². The lowest BCUT2D eigenvalue weighted by molar-refractivity contribution is 0.509. The van der Waals surface area contributed by atoms with Gasteiger partial charge in [0.05, 0.1) is 0 Å². The molecule has 0 saturated carbocycles. The Balaban J connectivity index is 1.66. The van der Waals surface area contributed by atoms with Crippen LogP contribution in [0.4, 0.5) is 31.8 Å². The number of halogens is 2. The number of nitrogen functional groups attached to an aromatic ring is 1. The average Bonchev–Trinajstić information content (AvgIpc) is 2.79. The zero-order chi connectivity index (χ0) is 21.6. The van der Waals surface area contributed by atoms with Crippen molar-refractivity contribution < 1.29 is 8.78 Å². The normalized spacial score (nSPS) is 10.6. The predicted molar refractivity (Wildman–Crippen MR) is 119 cm³/mol. The Hall–Kier alpha value is -4.00. The molecule has 0 fully saturated rings. The highest BCUT2D eigenvalue weighted by Crippen LogP contribution is 2.31. The highest BCUT2D eigenvalue weighted by atomic mass is 19.2. The quantitative estimate of drug-likeness (QED) is 0.428. The molecule has 0 amide bonds. The molecule has 0 atom stereocenters. The van der Waals surface area contributed by atoms with Crippen molar-refractivity contribution in [3.63, 3.8) is 0 Å². The van der Waals surface area contributed by atoms with Crippen LogP contribution < -0.4 is 16.0 Å². The van der Waals surface area contributed by atoms with Crippen LogP contribution in [0, 0.1) is 11.6 Å². The average molecular weight is 417 g/mol. The van der Waals surface area contributed by atoms with Crippen molar-refractivity contribution in [1.82, 2.24) is 9.97 Å². The van der Waals surface area contributed by atoms with E-state index < -0.39 is 11.6 Å². The van der Waals surface area contributed by atoms with Gasteiger partial charge in [-0.05, 0) is 23.3 Å². The summed E-state index contributed by atoms with van der Waals surface area (Å²) in [6.45, 7) is 1.17. The SMILES string of the molecule is Nc1c(Nc2ccc(F)c(F)c2)ncnc1N(Cc1ccccc1)Cc1ccccc1. The minimum atomic E-state index is -0.951. The Morgan fingerprint density at radius 1 is 0.774 bits per heavy atom. The van der Waals surface area contributed by atoms with Crippen molar-refractivity contribution in [2.45, 2.75) is 13.1 Å². The zero-order valence-corrected chi connectivity index (χ0v) is 16.7. The number of nitrogens with two attached hydrogens (primary N) is 1. The molecule has 5 nitrogen and oxygen atoms in total. The maximum absolute atomic E-state index is 13.6. The molecule has 156 valence electrons. The maximum Gasteiger partial charge on any atom is 0.160 e. The van der Waals surface area contributed by atoms with Gasteiger partial charge in [0, 0.05) is 24.8 Å². The fraction of sp³-hybridized carbons (Fsp3) is 0.0833. The predicted octanol–water partition coefficient (Wildman–Crippen LogP) is 5.29. The summed E-state index contributed by atoms with van der Waals surface area (Å²) in [4.78, 5) is 10.7. The summed E-state index contributed by atoms with van der Waals surface area (Å²) in [5.74, 6) is -0.999. The highest BCUT2D eigenvalue weighted by Gasteiger charge is 2.17. The van der Waals surface area contributed by atoms with Crippen molar-refractivity contribution in [1.29, 1.82) is 0 Å². The molecule has 3 aromatic carbocycles. The molecule has 3 N–H and O–H groups in total. The topological polar surface area (TPSA) is 67.1 Å². The van der Waals surface area contributed by atoms with E-state index in [1.54, 1.807) is 0 Å². The Morgan fingerprint density at radius 3 is 1.97 bits per heavy atom. The van der Waals surface area contributed by atoms with Crippen LogP contribution in [-0.2, 0) is 13.1 Å². The van der Waals surface area contributed by atoms with E-state index in [0.717, 1.165) is 23.3 Å². The Morgan fingerprint density at radius 2 is 1.39 bits per heavy atom. The van der Waals surface area contributed by atoms with Gasteiger partial charge in [0.15, 0.2) is 23.3 Å². The number of hydrogen-bond acceptors (Lipinski definition) is 5. The second-order valence-corrected chi connectivity index (χ2v) is 7.04. The first-order chi connectivity index (χ1) is 15.1. The van der Waals surface area contributed by atoms with Crippen LogP contribution in [-0.4, -0.2) is 9.97 Å². The Labute approximate surface area is 179 Å². The molecule has 0 saturated heterocycles. The molecule has 4 aromatic rings. The van der Waals surface area contributed by atoms with Gasteiger partial charge in [-0.15, -0.1) is 0 Å². The minimum Gasteiger partial charge on any atom is -0.393 e. The van der Waals surface area contributed by atoms with Gasteiger partial charge in [0.25, 0.3) is 0 Å². The third kappa shape index (κ3) is 4.95. The standard InChI is InChI=1S/C24H21F2N5/c25-20-12-11-19(13-21(20)26)30-23-22(27)24(29-16-28-23)31(14-17-7-3-1-4-8-17)15-18-9-5-2-6-10-18/h1-13,16H,14-15,27H2,(H,28,29,30). The largest absolute Gasteiger partial charge is 0.393 e. The number of anilines is 4. The molecule has 31 heavy (non-hydrogen) atoms. The fourth-order valence-corrected chi connectivity index (χ4v) is 3.26. The number of nitrogens with one attached hydrogen (secondary N) is 1. The van der Waals surface area contributed by atoms with Crippen LogP contribution in [0.15, 0.2) is 85.2 Å². The first-order valence-electron chi connectivity index (χ1n) is 9.75. The molecule has 7 heteroatoms. The second-order valence-electron chi connectivity index (χ2n) is 7.04. The summed E-state index contributed by atoms with van der Waals surface area (Å²) in [5.41, 5.74) is 9.28. The zero-order valence-electron chi connectivity index (χ0n) is 16.7. The van der Waals surface area contributed by atoms with E-state index in [9.17, 15) is 8.78 Å². The first kappa shape index (κ1) is 20.3. The van der Waals surface area contributed by atoms with Crippen LogP contribution in [0.5, 0.6) is 0 Å². The smallest absolute Gasteiger partial charge is 0.160 e. The van der Waals surface area contributed by atoms with E-state index in [1.165, 1.54) is 12.4 Å². The number of aromatic nitrogens is 2. The van der Waals surface area contributed by atoms with Crippen LogP contribution in [0.3, 0.4) is 0 Å². The molecule has 0 radical (unpaired) electrons. The second kappa shape index (κ2) is 9.21. The van der Waals surface area contributed by atoms with E-state index in [2.05, 4.69) is 20.2 Å². The molecule has 1 heterocycles. The summed E-state index contributed by atoms with van der Waals surface area (Å²) in [5, 5.41) is 2.95. The molecule has 0 bridgehead atoms. The third-order valence-corrected chi connectivity index (χ3v) is 4.78. The van der Waals surface area contributed by atoms with Crippen molar-refractivity contribution in [3.8, 4) is 0 Å². The van der Waals surface area contributed by atoms with Gasteiger partial charge in [-0.25, -0.2) is 18.7 Å². The molecule has 0 aliphatic heterocycles. The van der Waals surface area contributed by atoms with Gasteiger partial charge in [-0.1, -0.05) is 60.7 Å². The summed E-state index contributed by atoms with van der Waals surface area (Å²) >= 11 is 0. The summed E-state index contributed by atoms with van der Waals surface area (Å²) < 4.78 is 26.8. The molecule has 4 rings (SSSR count). The van der Waals surface area contributed by atoms with E-state index in [-0.39, 0.29) is 0 Å². The highest BCUT2D eigenvalue weighted by molar-refractivity contribution is 5.78. The van der Waals surface area contributed by atoms with Crippen molar-refractivity contribution in [2.75, 3.05) is 16.0 Å². The maximum atomic E-state index is 13.6. The lowest BCUT2D eigenvalue weighted by Crippen LogP contribution is -2.24. The monoisotopic (exact) mass is 417 g/mol. The summed E-state index contributed by atoms with van der Waals surface area (Å²) in [7, 11) is 0. The molecule has 0 spiro atoms. The van der Waals surface area contributed by atoms with Crippen LogP contribution in [0.2, 0.25) is 0 Å². The fourth-order valence-electron chi connectivity index (χ4n) is 3.26. The molecular weight excluding hydrogens is 396 g/mol. The van der Waals surface area contributed by atoms with Gasteiger partial charge in [-0.2, -0.15) is 0 Å². The van der Waals surface area contributed by atoms with Crippen LogP contribution >= 0.6 is 0 Å². The van der Waals surface area contributed by atoms with Gasteiger partial charge >= 0.3 is 0 Å². The van der Waals surface area contributed by atoms with E-state index in [1.807, 2.05) is 60.7 Å². The summed E-state index contributed by atoms with van der Waals surface area (Å²) in [6.07, 6.45) is 1.40. The van der Waals surface area contributed by atoms with Crippen molar-refractivity contribution in [2.24, 2.45) is 0 Å². The number of benzene rings is 3. The third-order valence-electron chi connectivity index (χ3n) is 4.78. The molecule has 0 aliphatic rings. The van der Waals surface area contributed by atoms with Gasteiger partial charge in [0.2, 0.25) is 0 Å². The number of nitrogens with zero attached hydrogens (tertiary/aromatic N) is 3. The molecule has 0 aliphatic carbocycles. The Kier molecular flexibility index (Phi) is 6.03.